The molecule has 0 amide bonds. The van der Waals surface area contributed by atoms with Gasteiger partial charge in [-0.05, 0) is 0 Å². The molecular weight excluding hydrogens is 333 g/mol. The lowest BCUT2D eigenvalue weighted by Gasteiger charge is -2.16. The molecule has 4 N–H and O–H groups in total. The summed E-state index contributed by atoms with van der Waals surface area (Å²) in [5.74, 6) is 0.249. The smallest absolute Gasteiger partial charge is 0.383 e. The molecule has 1 unspecified atom stereocenters. The minimum Gasteiger partial charge on any atom is -0.390 e. The third kappa shape index (κ3) is 3.09. The third-order valence-corrected chi connectivity index (χ3v) is 4.14. The van der Waals surface area contributed by atoms with E-state index >= 15 is 0 Å². The van der Waals surface area contributed by atoms with Crippen LogP contribution < -0.4 is 5.73 Å². The SMILES string of the molecule is Nc1ncnc2c1ncn2[C@H]1C[C@H](O)[C@@H](COP(=O)(O)S)O1. The highest BCUT2D eigenvalue weighted by molar-refractivity contribution is 8.44. The molecule has 0 aromatic carbocycles. The molecule has 1 saturated heterocycles. The molecule has 12 heteroatoms. The van der Waals surface area contributed by atoms with E-state index in [0.717, 1.165) is 0 Å². The van der Waals surface area contributed by atoms with Gasteiger partial charge in [-0.25, -0.2) is 19.5 Å². The number of aliphatic hydroxyl groups excluding tert-OH is 1. The first-order valence-electron chi connectivity index (χ1n) is 6.32. The van der Waals surface area contributed by atoms with Crippen LogP contribution in [0, 0.1) is 0 Å². The Labute approximate surface area is 130 Å². The lowest BCUT2D eigenvalue weighted by Crippen LogP contribution is -2.25. The first-order valence-corrected chi connectivity index (χ1v) is 9.05. The number of aliphatic hydroxyl groups is 1. The summed E-state index contributed by atoms with van der Waals surface area (Å²) >= 11 is 3.40. The van der Waals surface area contributed by atoms with Crippen LogP contribution in [0.1, 0.15) is 12.6 Å². The van der Waals surface area contributed by atoms with Gasteiger partial charge >= 0.3 is 6.80 Å². The zero-order valence-electron chi connectivity index (χ0n) is 11.2. The molecule has 3 rings (SSSR count). The Morgan fingerprint density at radius 1 is 1.55 bits per heavy atom. The second kappa shape index (κ2) is 5.76. The summed E-state index contributed by atoms with van der Waals surface area (Å²) in [6.07, 6.45) is 0.902. The normalized spacial score (nSPS) is 28.0. The van der Waals surface area contributed by atoms with Gasteiger partial charge in [0.15, 0.2) is 11.5 Å². The molecule has 3 heterocycles. The van der Waals surface area contributed by atoms with E-state index in [-0.39, 0.29) is 18.8 Å². The molecule has 120 valence electrons. The van der Waals surface area contributed by atoms with Crippen molar-refractivity contribution in [3.63, 3.8) is 0 Å². The summed E-state index contributed by atoms with van der Waals surface area (Å²) in [7, 11) is 0. The van der Waals surface area contributed by atoms with Crippen molar-refractivity contribution in [2.24, 2.45) is 0 Å². The quantitative estimate of drug-likeness (QED) is 0.447. The molecule has 2 aromatic heterocycles. The summed E-state index contributed by atoms with van der Waals surface area (Å²) in [6, 6.07) is 0. The van der Waals surface area contributed by atoms with E-state index in [0.29, 0.717) is 11.2 Å². The average Bonchev–Trinajstić information content (AvgIpc) is 3.00. The zero-order chi connectivity index (χ0) is 15.9. The molecule has 0 spiro atoms. The fraction of sp³-hybridized carbons (Fsp3) is 0.500. The summed E-state index contributed by atoms with van der Waals surface area (Å²) in [5, 5.41) is 9.99. The van der Waals surface area contributed by atoms with Gasteiger partial charge in [-0.15, -0.1) is 0 Å². The Kier molecular flexibility index (Phi) is 4.10. The summed E-state index contributed by atoms with van der Waals surface area (Å²) in [5.41, 5.74) is 6.63. The standard InChI is InChI=1S/C10H14N5O5PS/c11-9-8-10(13-3-12-9)15(4-14-8)7-1-5(16)6(20-7)2-19-21(17,18)22/h3-7,16H,1-2H2,(H2,11,12,13)(H2,17,18,22)/t5-,6+,7+/m0/s1. The Balaban J connectivity index is 1.78. The van der Waals surface area contributed by atoms with E-state index in [1.807, 2.05) is 0 Å². The number of aromatic nitrogens is 4. The van der Waals surface area contributed by atoms with Crippen molar-refractivity contribution in [1.82, 2.24) is 19.5 Å². The van der Waals surface area contributed by atoms with Gasteiger partial charge in [0.2, 0.25) is 0 Å². The number of anilines is 1. The second-order valence-corrected chi connectivity index (χ2v) is 7.56. The molecule has 0 bridgehead atoms. The van der Waals surface area contributed by atoms with Crippen molar-refractivity contribution in [3.8, 4) is 0 Å². The van der Waals surface area contributed by atoms with Crippen molar-refractivity contribution in [1.29, 1.82) is 0 Å². The monoisotopic (exact) mass is 347 g/mol. The number of fused-ring (bicyclic) bond motifs is 1. The van der Waals surface area contributed by atoms with Gasteiger partial charge in [0.1, 0.15) is 24.2 Å². The molecule has 4 atom stereocenters. The van der Waals surface area contributed by atoms with Gasteiger partial charge in [0.25, 0.3) is 0 Å². The topological polar surface area (TPSA) is 146 Å². The molecular formula is C10H14N5O5PS. The van der Waals surface area contributed by atoms with E-state index in [9.17, 15) is 9.67 Å². The van der Waals surface area contributed by atoms with E-state index in [2.05, 4.69) is 31.7 Å². The van der Waals surface area contributed by atoms with E-state index in [1.54, 1.807) is 4.57 Å². The maximum Gasteiger partial charge on any atom is 0.383 e. The predicted molar refractivity (Wildman–Crippen MR) is 79.0 cm³/mol. The van der Waals surface area contributed by atoms with Crippen LogP contribution in [0.25, 0.3) is 11.2 Å². The van der Waals surface area contributed by atoms with Gasteiger partial charge < -0.3 is 20.5 Å². The third-order valence-electron chi connectivity index (χ3n) is 3.31. The van der Waals surface area contributed by atoms with Crippen LogP contribution in [0.3, 0.4) is 0 Å². The number of nitrogens with zero attached hydrogens (tertiary/aromatic N) is 4. The molecule has 1 aliphatic rings. The lowest BCUT2D eigenvalue weighted by atomic mass is 10.2. The van der Waals surface area contributed by atoms with Crippen molar-refractivity contribution < 1.29 is 23.8 Å². The number of nitrogens with two attached hydrogens (primary N) is 1. The van der Waals surface area contributed by atoms with Crippen molar-refractivity contribution >= 4 is 36.0 Å². The highest BCUT2D eigenvalue weighted by Gasteiger charge is 2.37. The first-order chi connectivity index (χ1) is 10.3. The van der Waals surface area contributed by atoms with E-state index < -0.39 is 25.2 Å². The molecule has 0 saturated carbocycles. The molecule has 0 aliphatic carbocycles. The summed E-state index contributed by atoms with van der Waals surface area (Å²) < 4.78 is 23.0. The number of hydrogen-bond acceptors (Lipinski definition) is 8. The number of imidazole rings is 1. The number of thiol groups is 1. The Hall–Kier alpha value is -1.23. The fourth-order valence-corrected chi connectivity index (χ4v) is 2.83. The summed E-state index contributed by atoms with van der Waals surface area (Å²) in [6.45, 7) is -4.17. The van der Waals surface area contributed by atoms with Crippen LogP contribution in [0.2, 0.25) is 0 Å². The van der Waals surface area contributed by atoms with Crippen LogP contribution in [0.4, 0.5) is 5.82 Å². The molecule has 2 aromatic rings. The zero-order valence-corrected chi connectivity index (χ0v) is 13.0. The highest BCUT2D eigenvalue weighted by atomic mass is 32.7. The minimum atomic E-state index is -3.92. The van der Waals surface area contributed by atoms with Crippen molar-refractivity contribution in [2.75, 3.05) is 12.3 Å². The number of rotatable bonds is 4. The second-order valence-electron chi connectivity index (χ2n) is 4.80. The van der Waals surface area contributed by atoms with E-state index in [1.165, 1.54) is 12.7 Å². The largest absolute Gasteiger partial charge is 0.390 e. The van der Waals surface area contributed by atoms with Crippen LogP contribution in [-0.2, 0) is 13.8 Å². The number of hydrogen-bond donors (Lipinski definition) is 4. The van der Waals surface area contributed by atoms with Crippen LogP contribution in [-0.4, -0.2) is 48.3 Å². The lowest BCUT2D eigenvalue weighted by molar-refractivity contribution is -0.0387. The van der Waals surface area contributed by atoms with Crippen LogP contribution in [0.5, 0.6) is 0 Å². The van der Waals surface area contributed by atoms with Gasteiger partial charge in [-0.2, -0.15) is 0 Å². The van der Waals surface area contributed by atoms with Gasteiger partial charge in [-0.3, -0.25) is 9.09 Å². The molecule has 22 heavy (non-hydrogen) atoms. The number of nitrogen functional groups attached to an aromatic ring is 1. The average molecular weight is 347 g/mol. The Bertz CT molecular complexity index is 736. The highest BCUT2D eigenvalue weighted by Crippen LogP contribution is 2.47. The van der Waals surface area contributed by atoms with Gasteiger partial charge in [-0.1, -0.05) is 12.2 Å². The fourth-order valence-electron chi connectivity index (χ4n) is 2.29. The first kappa shape index (κ1) is 15.7. The Morgan fingerprint density at radius 3 is 3.05 bits per heavy atom. The van der Waals surface area contributed by atoms with Crippen LogP contribution >= 0.6 is 19.0 Å². The maximum absolute atomic E-state index is 11.0. The van der Waals surface area contributed by atoms with Crippen LogP contribution in [0.15, 0.2) is 12.7 Å². The minimum absolute atomic E-state index is 0.249. The number of ether oxygens (including phenoxy) is 1. The molecule has 0 radical (unpaired) electrons. The summed E-state index contributed by atoms with van der Waals surface area (Å²) in [4.78, 5) is 21.1. The van der Waals surface area contributed by atoms with Crippen molar-refractivity contribution in [3.05, 3.63) is 12.7 Å². The van der Waals surface area contributed by atoms with Gasteiger partial charge in [0, 0.05) is 6.42 Å². The predicted octanol–water partition coefficient (Wildman–Crippen LogP) is 0.104. The Morgan fingerprint density at radius 2 is 2.32 bits per heavy atom. The molecule has 10 nitrogen and oxygen atoms in total. The van der Waals surface area contributed by atoms with E-state index in [4.69, 9.17) is 15.4 Å². The maximum atomic E-state index is 11.0. The molecule has 1 aliphatic heterocycles. The molecule has 1 fully saturated rings. The van der Waals surface area contributed by atoms with Crippen molar-refractivity contribution in [2.45, 2.75) is 24.9 Å². The van der Waals surface area contributed by atoms with Gasteiger partial charge in [0.05, 0.1) is 19.0 Å².